The highest BCUT2D eigenvalue weighted by Crippen LogP contribution is 2.22. The molecular formula is C6H12BrNO2. The van der Waals surface area contributed by atoms with Crippen LogP contribution in [0.15, 0.2) is 0 Å². The predicted molar refractivity (Wildman–Crippen MR) is 43.3 cm³/mol. The number of carboxylic acid groups (broad SMARTS) is 1. The third kappa shape index (κ3) is 3.06. The SMILES string of the molecule is CC(C)C(C)(Br)NC(=O)O. The van der Waals surface area contributed by atoms with E-state index >= 15 is 0 Å². The average molecular weight is 210 g/mol. The lowest BCUT2D eigenvalue weighted by Gasteiger charge is -2.26. The number of rotatable bonds is 2. The smallest absolute Gasteiger partial charge is 0.405 e. The Bertz CT molecular complexity index is 134. The Hall–Kier alpha value is -0.250. The Morgan fingerprint density at radius 2 is 2.10 bits per heavy atom. The summed E-state index contributed by atoms with van der Waals surface area (Å²) in [6.45, 7) is 5.65. The van der Waals surface area contributed by atoms with Crippen molar-refractivity contribution in [2.75, 3.05) is 0 Å². The second kappa shape index (κ2) is 3.23. The summed E-state index contributed by atoms with van der Waals surface area (Å²) in [7, 11) is 0. The summed E-state index contributed by atoms with van der Waals surface area (Å²) in [5.74, 6) is 0.226. The van der Waals surface area contributed by atoms with Crippen molar-refractivity contribution in [1.29, 1.82) is 0 Å². The molecule has 0 aliphatic heterocycles. The van der Waals surface area contributed by atoms with Crippen molar-refractivity contribution in [1.82, 2.24) is 5.32 Å². The van der Waals surface area contributed by atoms with E-state index in [2.05, 4.69) is 21.2 Å². The molecule has 1 amide bonds. The Labute approximate surface area is 68.9 Å². The monoisotopic (exact) mass is 209 g/mol. The van der Waals surface area contributed by atoms with Crippen molar-refractivity contribution in [3.8, 4) is 0 Å². The first-order valence-electron chi connectivity index (χ1n) is 3.06. The number of halogens is 1. The molecule has 0 heterocycles. The molecule has 0 bridgehead atoms. The van der Waals surface area contributed by atoms with Crippen molar-refractivity contribution < 1.29 is 9.90 Å². The highest BCUT2D eigenvalue weighted by molar-refractivity contribution is 9.10. The number of nitrogens with one attached hydrogen (secondary N) is 1. The molecule has 0 aromatic heterocycles. The topological polar surface area (TPSA) is 49.3 Å². The van der Waals surface area contributed by atoms with Gasteiger partial charge in [0.25, 0.3) is 0 Å². The van der Waals surface area contributed by atoms with E-state index in [4.69, 9.17) is 5.11 Å². The van der Waals surface area contributed by atoms with Gasteiger partial charge < -0.3 is 10.4 Å². The van der Waals surface area contributed by atoms with Crippen molar-refractivity contribution in [2.45, 2.75) is 25.2 Å². The summed E-state index contributed by atoms with van der Waals surface area (Å²) < 4.78 is -0.515. The minimum atomic E-state index is -1.01. The van der Waals surface area contributed by atoms with E-state index < -0.39 is 10.5 Å². The summed E-state index contributed by atoms with van der Waals surface area (Å²) in [5, 5.41) is 10.7. The number of hydrogen-bond donors (Lipinski definition) is 2. The number of carbonyl (C=O) groups is 1. The van der Waals surface area contributed by atoms with Gasteiger partial charge in [-0.15, -0.1) is 0 Å². The second-order valence-electron chi connectivity index (χ2n) is 2.66. The van der Waals surface area contributed by atoms with E-state index in [9.17, 15) is 4.79 Å². The molecule has 0 aliphatic rings. The normalized spacial score (nSPS) is 16.5. The van der Waals surface area contributed by atoms with Crippen molar-refractivity contribution in [2.24, 2.45) is 5.92 Å². The first kappa shape index (κ1) is 9.75. The first-order valence-corrected chi connectivity index (χ1v) is 3.85. The molecule has 0 aliphatic carbocycles. The fourth-order valence-corrected chi connectivity index (χ4v) is 0.523. The maximum atomic E-state index is 10.2. The molecule has 10 heavy (non-hydrogen) atoms. The van der Waals surface area contributed by atoms with Gasteiger partial charge in [-0.3, -0.25) is 0 Å². The van der Waals surface area contributed by atoms with Crippen LogP contribution in [0.2, 0.25) is 0 Å². The summed E-state index contributed by atoms with van der Waals surface area (Å²) in [6.07, 6.45) is -1.01. The molecule has 0 spiro atoms. The molecule has 3 nitrogen and oxygen atoms in total. The molecule has 0 rings (SSSR count). The maximum absolute atomic E-state index is 10.2. The van der Waals surface area contributed by atoms with Gasteiger partial charge in [0.05, 0.1) is 4.45 Å². The predicted octanol–water partition coefficient (Wildman–Crippen LogP) is 2.02. The van der Waals surface area contributed by atoms with Gasteiger partial charge in [0, 0.05) is 0 Å². The summed E-state index contributed by atoms with van der Waals surface area (Å²) in [5.41, 5.74) is 0. The van der Waals surface area contributed by atoms with E-state index in [1.165, 1.54) is 0 Å². The van der Waals surface area contributed by atoms with Crippen molar-refractivity contribution >= 4 is 22.0 Å². The molecule has 2 N–H and O–H groups in total. The highest BCUT2D eigenvalue weighted by Gasteiger charge is 2.25. The molecule has 1 atom stereocenters. The van der Waals surface area contributed by atoms with Gasteiger partial charge in [-0.05, 0) is 12.8 Å². The average Bonchev–Trinajstić information content (AvgIpc) is 1.60. The zero-order valence-corrected chi connectivity index (χ0v) is 7.90. The fraction of sp³-hybridized carbons (Fsp3) is 0.833. The lowest BCUT2D eigenvalue weighted by molar-refractivity contribution is 0.185. The Morgan fingerprint density at radius 3 is 2.20 bits per heavy atom. The second-order valence-corrected chi connectivity index (χ2v) is 4.31. The third-order valence-corrected chi connectivity index (χ3v) is 2.55. The minimum Gasteiger partial charge on any atom is -0.465 e. The molecule has 0 saturated carbocycles. The van der Waals surface area contributed by atoms with Crippen LogP contribution in [-0.4, -0.2) is 15.6 Å². The van der Waals surface area contributed by atoms with E-state index in [1.807, 2.05) is 13.8 Å². The maximum Gasteiger partial charge on any atom is 0.405 e. The Morgan fingerprint density at radius 1 is 1.70 bits per heavy atom. The molecule has 0 aromatic rings. The van der Waals surface area contributed by atoms with E-state index in [0.717, 1.165) is 0 Å². The van der Waals surface area contributed by atoms with Crippen molar-refractivity contribution in [3.63, 3.8) is 0 Å². The van der Waals surface area contributed by atoms with E-state index in [1.54, 1.807) is 6.92 Å². The van der Waals surface area contributed by atoms with Crippen molar-refractivity contribution in [3.05, 3.63) is 0 Å². The molecule has 1 unspecified atom stereocenters. The molecular weight excluding hydrogens is 198 g/mol. The first-order chi connectivity index (χ1) is 4.36. The van der Waals surface area contributed by atoms with Crippen LogP contribution in [0.5, 0.6) is 0 Å². The van der Waals surface area contributed by atoms with Gasteiger partial charge in [-0.25, -0.2) is 4.79 Å². The summed E-state index contributed by atoms with van der Waals surface area (Å²) >= 11 is 3.25. The minimum absolute atomic E-state index is 0.226. The van der Waals surface area contributed by atoms with Crippen LogP contribution in [0.25, 0.3) is 0 Å². The van der Waals surface area contributed by atoms with Crippen LogP contribution < -0.4 is 5.32 Å². The Balaban J connectivity index is 3.99. The molecule has 0 aromatic carbocycles. The number of alkyl halides is 1. The van der Waals surface area contributed by atoms with Crippen LogP contribution >= 0.6 is 15.9 Å². The van der Waals surface area contributed by atoms with Crippen LogP contribution in [-0.2, 0) is 0 Å². The number of amides is 1. The lowest BCUT2D eigenvalue weighted by Crippen LogP contribution is -2.43. The van der Waals surface area contributed by atoms with Crippen LogP contribution in [0.4, 0.5) is 4.79 Å². The molecule has 0 saturated heterocycles. The Kier molecular flexibility index (Phi) is 3.15. The van der Waals surface area contributed by atoms with Gasteiger partial charge in [-0.2, -0.15) is 0 Å². The fourth-order valence-electron chi connectivity index (χ4n) is 0.353. The molecule has 0 fully saturated rings. The summed E-state index contributed by atoms with van der Waals surface area (Å²) in [4.78, 5) is 10.2. The van der Waals surface area contributed by atoms with Crippen LogP contribution in [0.1, 0.15) is 20.8 Å². The van der Waals surface area contributed by atoms with Crippen LogP contribution in [0, 0.1) is 5.92 Å². The number of hydrogen-bond acceptors (Lipinski definition) is 1. The molecule has 0 radical (unpaired) electrons. The van der Waals surface area contributed by atoms with Gasteiger partial charge >= 0.3 is 6.09 Å². The van der Waals surface area contributed by atoms with E-state index in [0.29, 0.717) is 0 Å². The van der Waals surface area contributed by atoms with Gasteiger partial charge in [0.15, 0.2) is 0 Å². The summed E-state index contributed by atoms with van der Waals surface area (Å²) in [6, 6.07) is 0. The van der Waals surface area contributed by atoms with Gasteiger partial charge in [0.1, 0.15) is 0 Å². The van der Waals surface area contributed by atoms with Crippen LogP contribution in [0.3, 0.4) is 0 Å². The lowest BCUT2D eigenvalue weighted by atomic mass is 10.1. The highest BCUT2D eigenvalue weighted by atomic mass is 79.9. The molecule has 60 valence electrons. The van der Waals surface area contributed by atoms with Gasteiger partial charge in [-0.1, -0.05) is 29.8 Å². The quantitative estimate of drug-likeness (QED) is 0.541. The standard InChI is InChI=1S/C6H12BrNO2/c1-4(2)6(3,7)8-5(9)10/h4,8H,1-3H3,(H,9,10). The van der Waals surface area contributed by atoms with E-state index in [-0.39, 0.29) is 5.92 Å². The zero-order chi connectivity index (χ0) is 8.36. The largest absolute Gasteiger partial charge is 0.465 e. The third-order valence-electron chi connectivity index (χ3n) is 1.44. The van der Waals surface area contributed by atoms with Gasteiger partial charge in [0.2, 0.25) is 0 Å². The molecule has 4 heteroatoms. The zero-order valence-electron chi connectivity index (χ0n) is 6.31.